The largest absolute Gasteiger partial charge is 0.478 e. The quantitative estimate of drug-likeness (QED) is 0.179. The van der Waals surface area contributed by atoms with Crippen molar-refractivity contribution < 1.29 is 24.7 Å². The zero-order valence-corrected chi connectivity index (χ0v) is 19.4. The van der Waals surface area contributed by atoms with Gasteiger partial charge in [-0.15, -0.1) is 0 Å². The number of benzene rings is 3. The summed E-state index contributed by atoms with van der Waals surface area (Å²) in [4.78, 5) is 46.3. The third-order valence-electron chi connectivity index (χ3n) is 5.65. The van der Waals surface area contributed by atoms with E-state index in [0.717, 1.165) is 34.7 Å². The number of non-ortho nitro benzene ring substituents is 2. The molecule has 1 heterocycles. The molecule has 1 N–H and O–H groups in total. The predicted octanol–water partition coefficient (Wildman–Crippen LogP) is 6.29. The van der Waals surface area contributed by atoms with E-state index in [1.165, 1.54) is 21.6 Å². The van der Waals surface area contributed by atoms with E-state index in [2.05, 4.69) is 0 Å². The van der Waals surface area contributed by atoms with E-state index in [4.69, 9.17) is 0 Å². The van der Waals surface area contributed by atoms with Crippen LogP contribution in [0.1, 0.15) is 27.0 Å². The van der Waals surface area contributed by atoms with Gasteiger partial charge in [-0.05, 0) is 17.2 Å². The number of aromatic carboxylic acids is 1. The standard InChI is InChI=1S/C23H11N3O8S2/c27-23(28)16-8-12(24(29)30)6-14-20(19-10-18(35-36-19)11-4-2-1-3-5-11)15-7-13(25(31)32)9-17(26(33)34)22(15)21(14)16/h1-10H,(H,27,28)/b20-19-. The maximum absolute atomic E-state index is 12.1. The molecule has 0 bridgehead atoms. The molecule has 178 valence electrons. The Balaban J connectivity index is 1.91. The molecule has 0 atom stereocenters. The lowest BCUT2D eigenvalue weighted by atomic mass is 9.97. The maximum atomic E-state index is 12.1. The van der Waals surface area contributed by atoms with Gasteiger partial charge in [-0.2, -0.15) is 0 Å². The van der Waals surface area contributed by atoms with Crippen LogP contribution in [0.4, 0.5) is 17.1 Å². The SMILES string of the molecule is O=C(O)c1cc([N+](=O)[O-])cc2c1-c1c(cc([N+](=O)[O-])cc1[N+](=O)[O-])/C2=C1/C=C(c2ccccc2)SS1. The summed E-state index contributed by atoms with van der Waals surface area (Å²) in [5.41, 5.74) is -1.12. The minimum Gasteiger partial charge on any atom is -0.478 e. The molecule has 1 aliphatic carbocycles. The third kappa shape index (κ3) is 3.70. The van der Waals surface area contributed by atoms with Crippen LogP contribution in [0.15, 0.2) is 65.6 Å². The van der Waals surface area contributed by atoms with E-state index in [9.17, 15) is 40.2 Å². The zero-order valence-electron chi connectivity index (χ0n) is 17.7. The van der Waals surface area contributed by atoms with Crippen LogP contribution in [-0.2, 0) is 0 Å². The molecule has 0 saturated carbocycles. The molecule has 3 aromatic rings. The number of rotatable bonds is 5. The molecule has 1 aliphatic heterocycles. The van der Waals surface area contributed by atoms with Crippen molar-refractivity contribution in [3.63, 3.8) is 0 Å². The smallest absolute Gasteiger partial charge is 0.336 e. The van der Waals surface area contributed by atoms with Gasteiger partial charge in [0.25, 0.3) is 17.1 Å². The van der Waals surface area contributed by atoms with E-state index in [1.807, 2.05) is 30.3 Å². The van der Waals surface area contributed by atoms with Crippen molar-refractivity contribution in [1.82, 2.24) is 0 Å². The number of carboxylic acids is 1. The van der Waals surface area contributed by atoms with Gasteiger partial charge in [0.15, 0.2) is 0 Å². The van der Waals surface area contributed by atoms with Crippen LogP contribution in [-0.4, -0.2) is 25.8 Å². The molecule has 0 radical (unpaired) electrons. The molecular weight excluding hydrogens is 510 g/mol. The number of carboxylic acid groups (broad SMARTS) is 1. The average Bonchev–Trinajstić information content (AvgIpc) is 3.45. The first-order valence-corrected chi connectivity index (χ1v) is 12.2. The van der Waals surface area contributed by atoms with Gasteiger partial charge >= 0.3 is 5.97 Å². The molecule has 11 nitrogen and oxygen atoms in total. The second-order valence-electron chi connectivity index (χ2n) is 7.66. The molecule has 0 saturated heterocycles. The second-order valence-corrected chi connectivity index (χ2v) is 9.87. The summed E-state index contributed by atoms with van der Waals surface area (Å²) in [6, 6.07) is 13.2. The number of hydrogen-bond acceptors (Lipinski definition) is 9. The molecule has 0 spiro atoms. The van der Waals surface area contributed by atoms with E-state index < -0.39 is 43.4 Å². The van der Waals surface area contributed by atoms with E-state index in [-0.39, 0.29) is 27.8 Å². The summed E-state index contributed by atoms with van der Waals surface area (Å²) in [6.07, 6.45) is 1.78. The fraction of sp³-hybridized carbons (Fsp3) is 0. The summed E-state index contributed by atoms with van der Waals surface area (Å²) in [7, 11) is 2.66. The van der Waals surface area contributed by atoms with Crippen LogP contribution in [0.25, 0.3) is 21.6 Å². The number of nitro groups is 3. The number of fused-ring (bicyclic) bond motifs is 3. The topological polar surface area (TPSA) is 167 Å². The summed E-state index contributed by atoms with van der Waals surface area (Å²) < 4.78 is 0. The first-order valence-electron chi connectivity index (χ1n) is 10.1. The van der Waals surface area contributed by atoms with Crippen LogP contribution in [0.2, 0.25) is 0 Å². The fourth-order valence-electron chi connectivity index (χ4n) is 4.20. The van der Waals surface area contributed by atoms with Crippen LogP contribution < -0.4 is 0 Å². The summed E-state index contributed by atoms with van der Waals surface area (Å²) in [5, 5.41) is 45.0. The van der Waals surface area contributed by atoms with Crippen LogP contribution >= 0.6 is 21.6 Å². The molecule has 0 unspecified atom stereocenters. The van der Waals surface area contributed by atoms with Crippen molar-refractivity contribution >= 4 is 55.1 Å². The number of carbonyl (C=O) groups is 1. The monoisotopic (exact) mass is 521 g/mol. The molecule has 3 aromatic carbocycles. The summed E-state index contributed by atoms with van der Waals surface area (Å²) >= 11 is 0. The predicted molar refractivity (Wildman–Crippen MR) is 134 cm³/mol. The highest BCUT2D eigenvalue weighted by atomic mass is 33.1. The molecular formula is C23H11N3O8S2. The highest BCUT2D eigenvalue weighted by Gasteiger charge is 2.40. The van der Waals surface area contributed by atoms with Crippen molar-refractivity contribution in [2.45, 2.75) is 0 Å². The lowest BCUT2D eigenvalue weighted by Crippen LogP contribution is -2.03. The zero-order chi connectivity index (χ0) is 25.7. The maximum Gasteiger partial charge on any atom is 0.336 e. The summed E-state index contributed by atoms with van der Waals surface area (Å²) in [5.74, 6) is -1.52. The van der Waals surface area contributed by atoms with Crippen LogP contribution in [0, 0.1) is 30.3 Å². The Morgan fingerprint density at radius 3 is 1.97 bits per heavy atom. The molecule has 0 amide bonds. The number of allylic oxidation sites excluding steroid dienone is 1. The van der Waals surface area contributed by atoms with E-state index in [0.29, 0.717) is 4.91 Å². The first kappa shape index (κ1) is 23.3. The highest BCUT2D eigenvalue weighted by Crippen LogP contribution is 2.59. The van der Waals surface area contributed by atoms with E-state index in [1.54, 1.807) is 6.08 Å². The highest BCUT2D eigenvalue weighted by molar-refractivity contribution is 8.82. The minimum absolute atomic E-state index is 0.0718. The molecule has 2 aliphatic rings. The van der Waals surface area contributed by atoms with E-state index >= 15 is 0 Å². The lowest BCUT2D eigenvalue weighted by molar-refractivity contribution is -0.393. The number of hydrogen-bond donors (Lipinski definition) is 1. The van der Waals surface area contributed by atoms with Crippen molar-refractivity contribution in [1.29, 1.82) is 0 Å². The first-order chi connectivity index (χ1) is 17.2. The molecule has 5 rings (SSSR count). The van der Waals surface area contributed by atoms with Gasteiger partial charge in [0, 0.05) is 44.7 Å². The van der Waals surface area contributed by atoms with Gasteiger partial charge in [-0.3, -0.25) is 30.3 Å². The Morgan fingerprint density at radius 2 is 1.39 bits per heavy atom. The Morgan fingerprint density at radius 1 is 0.778 bits per heavy atom. The fourth-order valence-corrected chi connectivity index (χ4v) is 6.69. The van der Waals surface area contributed by atoms with Crippen LogP contribution in [0.3, 0.4) is 0 Å². The van der Waals surface area contributed by atoms with Gasteiger partial charge in [-0.1, -0.05) is 51.9 Å². The molecule has 13 heteroatoms. The third-order valence-corrected chi connectivity index (χ3v) is 8.10. The molecule has 0 fully saturated rings. The number of nitrogens with zero attached hydrogens (tertiary/aromatic N) is 3. The van der Waals surface area contributed by atoms with Crippen molar-refractivity contribution in [2.75, 3.05) is 0 Å². The van der Waals surface area contributed by atoms with Gasteiger partial charge in [0.1, 0.15) is 0 Å². The Bertz CT molecular complexity index is 1520. The Kier molecular flexibility index (Phi) is 5.57. The molecule has 36 heavy (non-hydrogen) atoms. The average molecular weight is 521 g/mol. The van der Waals surface area contributed by atoms with Crippen LogP contribution in [0.5, 0.6) is 0 Å². The van der Waals surface area contributed by atoms with Crippen molar-refractivity contribution in [3.8, 4) is 11.1 Å². The minimum atomic E-state index is -1.52. The molecule has 0 aromatic heterocycles. The lowest BCUT2D eigenvalue weighted by Gasteiger charge is -2.07. The normalized spacial score (nSPS) is 15.7. The second kappa shape index (κ2) is 8.62. The van der Waals surface area contributed by atoms with Crippen molar-refractivity contribution in [2.24, 2.45) is 0 Å². The van der Waals surface area contributed by atoms with Gasteiger partial charge < -0.3 is 5.11 Å². The van der Waals surface area contributed by atoms with Gasteiger partial charge in [-0.25, -0.2) is 4.79 Å². The van der Waals surface area contributed by atoms with Gasteiger partial charge in [0.2, 0.25) is 0 Å². The van der Waals surface area contributed by atoms with Crippen molar-refractivity contribution in [3.05, 3.63) is 118 Å². The Hall–Kier alpha value is -4.49. The summed E-state index contributed by atoms with van der Waals surface area (Å²) in [6.45, 7) is 0. The number of nitro benzene ring substituents is 3. The van der Waals surface area contributed by atoms with Gasteiger partial charge in [0.05, 0.1) is 32.0 Å². The Labute approximate surface area is 209 Å².